The lowest BCUT2D eigenvalue weighted by Crippen LogP contribution is -2.37. The topological polar surface area (TPSA) is 111 Å². The van der Waals surface area contributed by atoms with Crippen LogP contribution in [0.4, 0.5) is 5.69 Å². The van der Waals surface area contributed by atoms with Gasteiger partial charge in [-0.15, -0.1) is 0 Å². The van der Waals surface area contributed by atoms with E-state index in [0.717, 1.165) is 12.1 Å². The minimum absolute atomic E-state index is 0.0139. The second-order valence-electron chi connectivity index (χ2n) is 3.73. The molecule has 1 aromatic carbocycles. The molecule has 1 aromatic rings. The van der Waals surface area contributed by atoms with Gasteiger partial charge in [0.15, 0.2) is 0 Å². The highest BCUT2D eigenvalue weighted by Gasteiger charge is 2.23. The zero-order valence-electron chi connectivity index (χ0n) is 9.20. The lowest BCUT2D eigenvalue weighted by molar-refractivity contribution is -0.384. The van der Waals surface area contributed by atoms with Crippen LogP contribution in [-0.4, -0.2) is 32.5 Å². The average Bonchev–Trinajstić information content (AvgIpc) is 2.81. The van der Waals surface area contributed by atoms with Crippen molar-refractivity contribution in [2.45, 2.75) is 10.9 Å². The van der Waals surface area contributed by atoms with E-state index in [1.807, 2.05) is 0 Å². The summed E-state index contributed by atoms with van der Waals surface area (Å²) >= 11 is 0. The van der Waals surface area contributed by atoms with E-state index >= 15 is 0 Å². The number of benzene rings is 1. The number of hydroxylamine groups is 1. The van der Waals surface area contributed by atoms with Crippen molar-refractivity contribution in [3.63, 3.8) is 0 Å². The molecule has 1 aliphatic heterocycles. The number of non-ortho nitro benzene ring substituents is 1. The summed E-state index contributed by atoms with van der Waals surface area (Å²) in [6.45, 7) is 0.623. The van der Waals surface area contributed by atoms with Crippen molar-refractivity contribution >= 4 is 15.7 Å². The molecule has 2 N–H and O–H groups in total. The number of hydrogen-bond acceptors (Lipinski definition) is 6. The van der Waals surface area contributed by atoms with Crippen LogP contribution in [0.5, 0.6) is 0 Å². The van der Waals surface area contributed by atoms with Crippen LogP contribution in [0.25, 0.3) is 0 Å². The molecule has 0 radical (unpaired) electrons. The molecule has 9 heteroatoms. The van der Waals surface area contributed by atoms with Crippen molar-refractivity contribution in [2.75, 3.05) is 13.2 Å². The molecule has 1 atom stereocenters. The molecule has 18 heavy (non-hydrogen) atoms. The first-order valence-corrected chi connectivity index (χ1v) is 6.59. The maximum atomic E-state index is 11.9. The van der Waals surface area contributed by atoms with E-state index in [1.54, 1.807) is 0 Å². The van der Waals surface area contributed by atoms with Crippen LogP contribution in [0.3, 0.4) is 0 Å². The van der Waals surface area contributed by atoms with Crippen LogP contribution in [-0.2, 0) is 14.9 Å². The van der Waals surface area contributed by atoms with Crippen LogP contribution >= 0.6 is 0 Å². The first-order chi connectivity index (χ1) is 8.49. The number of nitro groups is 1. The quantitative estimate of drug-likeness (QED) is 0.579. The van der Waals surface area contributed by atoms with E-state index in [2.05, 4.69) is 10.2 Å². The molecule has 0 saturated carbocycles. The molecule has 0 bridgehead atoms. The molecule has 0 aromatic heterocycles. The molecule has 0 spiro atoms. The number of hydrogen-bond donors (Lipinski definition) is 2. The first kappa shape index (κ1) is 12.9. The Kier molecular flexibility index (Phi) is 3.57. The fourth-order valence-corrected chi connectivity index (χ4v) is 2.71. The summed E-state index contributed by atoms with van der Waals surface area (Å²) in [5.74, 6) is 0. The molecular weight excluding hydrogens is 262 g/mol. The largest absolute Gasteiger partial charge is 0.300 e. The Hall–Kier alpha value is -1.55. The summed E-state index contributed by atoms with van der Waals surface area (Å²) < 4.78 is 26.2. The number of nitro benzene ring substituents is 1. The predicted octanol–water partition coefficient (Wildman–Crippen LogP) is -0.224. The lowest BCUT2D eigenvalue weighted by Gasteiger charge is -2.10. The van der Waals surface area contributed by atoms with E-state index in [4.69, 9.17) is 4.84 Å². The second-order valence-corrected chi connectivity index (χ2v) is 5.44. The van der Waals surface area contributed by atoms with E-state index in [1.165, 1.54) is 12.1 Å². The predicted molar refractivity (Wildman–Crippen MR) is 61.2 cm³/mol. The molecule has 0 unspecified atom stereocenters. The van der Waals surface area contributed by atoms with Crippen LogP contribution in [0.2, 0.25) is 0 Å². The molecular formula is C9H11N3O5S. The Morgan fingerprint density at radius 3 is 2.56 bits per heavy atom. The Bertz CT molecular complexity index is 536. The van der Waals surface area contributed by atoms with Gasteiger partial charge in [0.2, 0.25) is 10.0 Å². The van der Waals surface area contributed by atoms with Crippen molar-refractivity contribution in [1.29, 1.82) is 0 Å². The molecule has 2 rings (SSSR count). The zero-order chi connectivity index (χ0) is 13.2. The maximum Gasteiger partial charge on any atom is 0.269 e. The van der Waals surface area contributed by atoms with Gasteiger partial charge in [-0.1, -0.05) is 0 Å². The summed E-state index contributed by atoms with van der Waals surface area (Å²) in [4.78, 5) is 14.7. The van der Waals surface area contributed by atoms with Gasteiger partial charge in [-0.25, -0.2) is 18.6 Å². The van der Waals surface area contributed by atoms with Crippen LogP contribution in [0.15, 0.2) is 29.2 Å². The first-order valence-electron chi connectivity index (χ1n) is 5.10. The maximum absolute atomic E-state index is 11.9. The average molecular weight is 273 g/mol. The summed E-state index contributed by atoms with van der Waals surface area (Å²) in [6.07, 6.45) is 0. The van der Waals surface area contributed by atoms with Gasteiger partial charge >= 0.3 is 0 Å². The minimum Gasteiger partial charge on any atom is -0.300 e. The molecule has 1 fully saturated rings. The molecule has 98 valence electrons. The summed E-state index contributed by atoms with van der Waals surface area (Å²) in [7, 11) is -3.68. The van der Waals surface area contributed by atoms with E-state index in [0.29, 0.717) is 6.54 Å². The van der Waals surface area contributed by atoms with Crippen LogP contribution < -0.4 is 10.2 Å². The van der Waals surface area contributed by atoms with Gasteiger partial charge in [0.1, 0.15) is 0 Å². The van der Waals surface area contributed by atoms with Gasteiger partial charge in [0.05, 0.1) is 22.5 Å². The van der Waals surface area contributed by atoms with Gasteiger partial charge in [-0.2, -0.15) is 0 Å². The Labute approximate surface area is 103 Å². The molecule has 8 nitrogen and oxygen atoms in total. The minimum atomic E-state index is -3.68. The van der Waals surface area contributed by atoms with Gasteiger partial charge in [0, 0.05) is 18.7 Å². The van der Waals surface area contributed by atoms with Crippen molar-refractivity contribution in [3.05, 3.63) is 34.4 Å². The van der Waals surface area contributed by atoms with Crippen molar-refractivity contribution < 1.29 is 18.2 Å². The molecule has 1 saturated heterocycles. The fraction of sp³-hybridized carbons (Fsp3) is 0.333. The molecule has 1 aliphatic rings. The highest BCUT2D eigenvalue weighted by atomic mass is 32.2. The third-order valence-electron chi connectivity index (χ3n) is 2.40. The van der Waals surface area contributed by atoms with E-state index in [9.17, 15) is 18.5 Å². The number of nitrogens with zero attached hydrogens (tertiary/aromatic N) is 1. The van der Waals surface area contributed by atoms with E-state index < -0.39 is 14.9 Å². The third kappa shape index (κ3) is 2.82. The molecule has 1 heterocycles. The zero-order valence-corrected chi connectivity index (χ0v) is 10.0. The summed E-state index contributed by atoms with van der Waals surface area (Å²) in [5.41, 5.74) is 2.40. The number of nitrogens with one attached hydrogen (secondary N) is 2. The van der Waals surface area contributed by atoms with Crippen LogP contribution in [0, 0.1) is 10.1 Å². The summed E-state index contributed by atoms with van der Waals surface area (Å²) in [6, 6.07) is 4.36. The van der Waals surface area contributed by atoms with Crippen molar-refractivity contribution in [2.24, 2.45) is 0 Å². The van der Waals surface area contributed by atoms with Crippen LogP contribution in [0.1, 0.15) is 0 Å². The normalized spacial score (nSPS) is 19.9. The van der Waals surface area contributed by atoms with Crippen molar-refractivity contribution in [3.8, 4) is 0 Å². The highest BCUT2D eigenvalue weighted by molar-refractivity contribution is 7.89. The number of rotatable bonds is 4. The molecule has 0 amide bonds. The van der Waals surface area contributed by atoms with Gasteiger partial charge in [-0.05, 0) is 12.1 Å². The highest BCUT2D eigenvalue weighted by Crippen LogP contribution is 2.16. The van der Waals surface area contributed by atoms with Gasteiger partial charge in [0.25, 0.3) is 5.69 Å². The molecule has 0 aliphatic carbocycles. The summed E-state index contributed by atoms with van der Waals surface area (Å²) in [5, 5.41) is 10.5. The number of sulfonamides is 1. The van der Waals surface area contributed by atoms with Gasteiger partial charge < -0.3 is 4.84 Å². The Morgan fingerprint density at radius 2 is 2.06 bits per heavy atom. The standard InChI is InChI=1S/C9H11N3O5S/c13-12(14)8-1-3-9(4-2-8)18(15,16)11-7-5-10-17-6-7/h1-4,7,10-11H,5-6H2/t7-/m0/s1. The van der Waals surface area contributed by atoms with E-state index in [-0.39, 0.29) is 23.2 Å². The monoisotopic (exact) mass is 273 g/mol. The second kappa shape index (κ2) is 4.98. The Balaban J connectivity index is 2.16. The lowest BCUT2D eigenvalue weighted by atomic mass is 10.3. The SMILES string of the molecule is O=[N+]([O-])c1ccc(S(=O)(=O)N[C@H]2CNOC2)cc1. The smallest absolute Gasteiger partial charge is 0.269 e. The van der Waals surface area contributed by atoms with Gasteiger partial charge in [-0.3, -0.25) is 10.1 Å². The third-order valence-corrected chi connectivity index (χ3v) is 3.93. The Morgan fingerprint density at radius 1 is 1.39 bits per heavy atom. The van der Waals surface area contributed by atoms with Crippen molar-refractivity contribution in [1.82, 2.24) is 10.2 Å². The fourth-order valence-electron chi connectivity index (χ4n) is 1.49.